The molecular weight excluding hydrogens is 414 g/mol. The first-order valence-electron chi connectivity index (χ1n) is 9.51. The molecule has 0 atom stereocenters. The van der Waals surface area contributed by atoms with Gasteiger partial charge in [-0.3, -0.25) is 19.9 Å². The van der Waals surface area contributed by atoms with Crippen LogP contribution >= 0.6 is 11.6 Å². The summed E-state index contributed by atoms with van der Waals surface area (Å²) in [7, 11) is 0. The van der Waals surface area contributed by atoms with E-state index in [1.165, 1.54) is 6.20 Å². The molecular formula is C22H16ClN7O. The summed E-state index contributed by atoms with van der Waals surface area (Å²) < 4.78 is 1.65. The molecule has 5 rings (SSSR count). The molecule has 5 aromatic rings. The lowest BCUT2D eigenvalue weighted by Crippen LogP contribution is -2.12. The molecule has 2 N–H and O–H groups in total. The van der Waals surface area contributed by atoms with Gasteiger partial charge in [0.2, 0.25) is 5.95 Å². The fourth-order valence-corrected chi connectivity index (χ4v) is 3.37. The Morgan fingerprint density at radius 2 is 1.87 bits per heavy atom. The van der Waals surface area contributed by atoms with Crippen molar-refractivity contribution in [2.75, 3.05) is 5.32 Å². The second-order valence-corrected chi connectivity index (χ2v) is 7.28. The van der Waals surface area contributed by atoms with Crippen molar-refractivity contribution in [3.8, 4) is 11.5 Å². The molecule has 0 unspecified atom stereocenters. The maximum atomic E-state index is 12.6. The first-order chi connectivity index (χ1) is 15.2. The molecule has 0 spiro atoms. The summed E-state index contributed by atoms with van der Waals surface area (Å²) >= 11 is 6.19. The lowest BCUT2D eigenvalue weighted by atomic mass is 10.2. The number of pyridine rings is 1. The van der Waals surface area contributed by atoms with E-state index in [1.54, 1.807) is 10.9 Å². The minimum Gasteiger partial charge on any atom is -0.289 e. The van der Waals surface area contributed by atoms with Gasteiger partial charge in [0.25, 0.3) is 5.91 Å². The summed E-state index contributed by atoms with van der Waals surface area (Å²) in [5.41, 5.74) is 2.80. The Labute approximate surface area is 181 Å². The third kappa shape index (κ3) is 4.01. The molecule has 2 aromatic carbocycles. The first kappa shape index (κ1) is 19.0. The maximum Gasteiger partial charge on any atom is 0.261 e. The topological polar surface area (TPSA) is 101 Å². The van der Waals surface area contributed by atoms with Crippen molar-refractivity contribution >= 4 is 34.4 Å². The van der Waals surface area contributed by atoms with E-state index in [9.17, 15) is 4.79 Å². The quantitative estimate of drug-likeness (QED) is 0.436. The number of benzene rings is 2. The highest BCUT2D eigenvalue weighted by molar-refractivity contribution is 6.31. The zero-order chi connectivity index (χ0) is 21.2. The monoisotopic (exact) mass is 429 g/mol. The number of rotatable bonds is 5. The largest absolute Gasteiger partial charge is 0.289 e. The van der Waals surface area contributed by atoms with Gasteiger partial charge in [-0.25, -0.2) is 4.98 Å². The van der Waals surface area contributed by atoms with Crippen LogP contribution in [0.15, 0.2) is 73.1 Å². The van der Waals surface area contributed by atoms with Crippen LogP contribution in [0, 0.1) is 0 Å². The summed E-state index contributed by atoms with van der Waals surface area (Å²) in [5, 5.41) is 15.5. The Hall–Kier alpha value is -4.04. The predicted octanol–water partition coefficient (Wildman–Crippen LogP) is 4.17. The van der Waals surface area contributed by atoms with Crippen LogP contribution in [0.5, 0.6) is 0 Å². The number of aromatic amines is 1. The Morgan fingerprint density at radius 1 is 1.03 bits per heavy atom. The van der Waals surface area contributed by atoms with Crippen LogP contribution in [0.25, 0.3) is 22.4 Å². The van der Waals surface area contributed by atoms with Crippen LogP contribution in [0.1, 0.15) is 15.9 Å². The van der Waals surface area contributed by atoms with Crippen LogP contribution in [0.4, 0.5) is 5.95 Å². The molecule has 8 nitrogen and oxygen atoms in total. The normalized spacial score (nSPS) is 11.0. The van der Waals surface area contributed by atoms with E-state index in [-0.39, 0.29) is 11.9 Å². The third-order valence-corrected chi connectivity index (χ3v) is 5.11. The SMILES string of the molecule is O=C(Nc1n[nH]c(-c2ccc3ccccc3n2)n1)c1cnn(Cc2ccccc2Cl)c1. The van der Waals surface area contributed by atoms with E-state index in [0.29, 0.717) is 28.6 Å². The average molecular weight is 430 g/mol. The highest BCUT2D eigenvalue weighted by atomic mass is 35.5. The zero-order valence-corrected chi connectivity index (χ0v) is 16.9. The summed E-state index contributed by atoms with van der Waals surface area (Å²) in [4.78, 5) is 21.5. The molecule has 0 aliphatic carbocycles. The van der Waals surface area contributed by atoms with Crippen LogP contribution in [-0.4, -0.2) is 35.9 Å². The number of amides is 1. The number of carbonyl (C=O) groups excluding carboxylic acids is 1. The Bertz CT molecular complexity index is 1390. The molecule has 0 bridgehead atoms. The number of nitrogens with one attached hydrogen (secondary N) is 2. The molecule has 0 aliphatic rings. The molecule has 0 radical (unpaired) electrons. The van der Waals surface area contributed by atoms with Crippen LogP contribution in [0.3, 0.4) is 0 Å². The van der Waals surface area contributed by atoms with Gasteiger partial charge >= 0.3 is 0 Å². The molecule has 0 aliphatic heterocycles. The van der Waals surface area contributed by atoms with Crippen LogP contribution in [-0.2, 0) is 6.54 Å². The molecule has 1 amide bonds. The van der Waals surface area contributed by atoms with Gasteiger partial charge in [0.1, 0.15) is 5.69 Å². The standard InChI is InChI=1S/C22H16ClN7O/c23-17-7-3-1-6-15(17)12-30-13-16(11-24-30)21(31)27-22-26-20(28-29-22)19-10-9-14-5-2-4-8-18(14)25-19/h1-11,13H,12H2,(H2,26,27,28,29,31). The Balaban J connectivity index is 1.29. The number of carbonyl (C=O) groups is 1. The smallest absolute Gasteiger partial charge is 0.261 e. The van der Waals surface area contributed by atoms with Crippen molar-refractivity contribution in [3.05, 3.63) is 89.2 Å². The summed E-state index contributed by atoms with van der Waals surface area (Å²) in [6, 6.07) is 19.1. The molecule has 0 saturated carbocycles. The molecule has 152 valence electrons. The van der Waals surface area contributed by atoms with E-state index in [2.05, 4.69) is 30.6 Å². The summed E-state index contributed by atoms with van der Waals surface area (Å²) in [5.74, 6) is 0.270. The van der Waals surface area contributed by atoms with E-state index >= 15 is 0 Å². The first-order valence-corrected chi connectivity index (χ1v) is 9.89. The fraction of sp³-hybridized carbons (Fsp3) is 0.0455. The second-order valence-electron chi connectivity index (χ2n) is 6.87. The highest BCUT2D eigenvalue weighted by Crippen LogP contribution is 2.19. The third-order valence-electron chi connectivity index (χ3n) is 4.74. The van der Waals surface area contributed by atoms with E-state index < -0.39 is 0 Å². The average Bonchev–Trinajstić information content (AvgIpc) is 3.45. The van der Waals surface area contributed by atoms with Gasteiger partial charge in [0.15, 0.2) is 5.82 Å². The van der Waals surface area contributed by atoms with Crippen molar-refractivity contribution < 1.29 is 4.79 Å². The van der Waals surface area contributed by atoms with Gasteiger partial charge in [-0.1, -0.05) is 54.1 Å². The molecule has 3 aromatic heterocycles. The van der Waals surface area contributed by atoms with Gasteiger partial charge in [-0.2, -0.15) is 10.1 Å². The van der Waals surface area contributed by atoms with E-state index in [0.717, 1.165) is 16.5 Å². The lowest BCUT2D eigenvalue weighted by Gasteiger charge is -2.03. The Kier molecular flexibility index (Phi) is 4.89. The van der Waals surface area contributed by atoms with Crippen LogP contribution in [0.2, 0.25) is 5.02 Å². The number of halogens is 1. The molecule has 3 heterocycles. The van der Waals surface area contributed by atoms with Gasteiger partial charge < -0.3 is 0 Å². The number of aromatic nitrogens is 6. The number of hydrogen-bond donors (Lipinski definition) is 2. The number of nitrogens with zero attached hydrogens (tertiary/aromatic N) is 5. The molecule has 31 heavy (non-hydrogen) atoms. The molecule has 0 saturated heterocycles. The molecule has 0 fully saturated rings. The minimum atomic E-state index is -0.359. The van der Waals surface area contributed by atoms with Gasteiger partial charge in [0, 0.05) is 16.6 Å². The lowest BCUT2D eigenvalue weighted by molar-refractivity contribution is 0.102. The zero-order valence-electron chi connectivity index (χ0n) is 16.2. The van der Waals surface area contributed by atoms with Gasteiger partial charge in [0.05, 0.1) is 23.8 Å². The van der Waals surface area contributed by atoms with Crippen LogP contribution < -0.4 is 5.32 Å². The number of para-hydroxylation sites is 1. The highest BCUT2D eigenvalue weighted by Gasteiger charge is 2.14. The van der Waals surface area contributed by atoms with E-state index in [4.69, 9.17) is 11.6 Å². The van der Waals surface area contributed by atoms with Crippen molar-refractivity contribution in [1.82, 2.24) is 29.9 Å². The summed E-state index contributed by atoms with van der Waals surface area (Å²) in [6.07, 6.45) is 3.14. The van der Waals surface area contributed by atoms with Gasteiger partial charge in [-0.05, 0) is 23.8 Å². The molecule has 9 heteroatoms. The number of anilines is 1. The summed E-state index contributed by atoms with van der Waals surface area (Å²) in [6.45, 7) is 0.464. The number of fused-ring (bicyclic) bond motifs is 1. The van der Waals surface area contributed by atoms with Crippen molar-refractivity contribution in [3.63, 3.8) is 0 Å². The van der Waals surface area contributed by atoms with E-state index in [1.807, 2.05) is 60.7 Å². The fourth-order valence-electron chi connectivity index (χ4n) is 3.17. The van der Waals surface area contributed by atoms with Crippen molar-refractivity contribution in [1.29, 1.82) is 0 Å². The second kappa shape index (κ2) is 8.00. The van der Waals surface area contributed by atoms with Crippen molar-refractivity contribution in [2.45, 2.75) is 6.54 Å². The van der Waals surface area contributed by atoms with Crippen molar-refractivity contribution in [2.24, 2.45) is 0 Å². The number of hydrogen-bond acceptors (Lipinski definition) is 5. The minimum absolute atomic E-state index is 0.161. The number of H-pyrrole nitrogens is 1. The maximum absolute atomic E-state index is 12.6. The van der Waals surface area contributed by atoms with Gasteiger partial charge in [-0.15, -0.1) is 5.10 Å². The Morgan fingerprint density at radius 3 is 2.77 bits per heavy atom. The predicted molar refractivity (Wildman–Crippen MR) is 118 cm³/mol.